The number of likely N-dealkylation sites (tertiary alicyclic amines) is 1. The Balaban J connectivity index is 2.09. The van der Waals surface area contributed by atoms with Crippen LogP contribution < -0.4 is 5.32 Å². The highest BCUT2D eigenvalue weighted by Crippen LogP contribution is 2.31. The fourth-order valence-corrected chi connectivity index (χ4v) is 5.00. The standard InChI is InChI=1S/C18H33ClN2O5S/c1-5-6-10-7-11(21(3)8-10)17(25)20-12(9(2)19)16-14(23)13(22)15(24)18(26-16)27-4/h9-16,18,22-24H,5-8H2,1-4H3,(H,20,25)/t9-,10+,11-,12+,13+,14-,15+,16-,18+/m0/s1. The van der Waals surface area contributed by atoms with Crippen LogP contribution in [0.25, 0.3) is 0 Å². The van der Waals surface area contributed by atoms with E-state index >= 15 is 0 Å². The van der Waals surface area contributed by atoms with Crippen LogP contribution in [-0.2, 0) is 9.53 Å². The van der Waals surface area contributed by atoms with Crippen molar-refractivity contribution in [2.45, 2.75) is 80.4 Å². The second-order valence-corrected chi connectivity index (χ2v) is 9.36. The average Bonchev–Trinajstić information content (AvgIpc) is 2.99. The minimum absolute atomic E-state index is 0.147. The van der Waals surface area contributed by atoms with E-state index in [0.717, 1.165) is 25.8 Å². The second-order valence-electron chi connectivity index (χ2n) is 7.73. The highest BCUT2D eigenvalue weighted by Gasteiger charge is 2.48. The normalized spacial score (nSPS) is 39.9. The van der Waals surface area contributed by atoms with Crippen LogP contribution in [0.2, 0.25) is 0 Å². The van der Waals surface area contributed by atoms with E-state index < -0.39 is 41.3 Å². The molecule has 7 nitrogen and oxygen atoms in total. The number of nitrogens with one attached hydrogen (secondary N) is 1. The van der Waals surface area contributed by atoms with Crippen molar-refractivity contribution in [3.8, 4) is 0 Å². The smallest absolute Gasteiger partial charge is 0.237 e. The number of aliphatic hydroxyl groups excluding tert-OH is 3. The lowest BCUT2D eigenvalue weighted by atomic mass is 9.92. The summed E-state index contributed by atoms with van der Waals surface area (Å²) in [6, 6.07) is -0.934. The van der Waals surface area contributed by atoms with Gasteiger partial charge in [0.05, 0.1) is 17.5 Å². The quantitative estimate of drug-likeness (QED) is 0.438. The molecule has 2 aliphatic heterocycles. The van der Waals surface area contributed by atoms with Gasteiger partial charge in [-0.25, -0.2) is 0 Å². The van der Waals surface area contributed by atoms with Crippen molar-refractivity contribution in [2.24, 2.45) is 5.92 Å². The number of nitrogens with zero attached hydrogens (tertiary/aromatic N) is 1. The Labute approximate surface area is 170 Å². The van der Waals surface area contributed by atoms with Crippen molar-refractivity contribution in [1.29, 1.82) is 0 Å². The minimum Gasteiger partial charge on any atom is -0.388 e. The number of ether oxygens (including phenoxy) is 1. The summed E-state index contributed by atoms with van der Waals surface area (Å²) in [5.41, 5.74) is -0.702. The molecule has 2 saturated heterocycles. The van der Waals surface area contributed by atoms with Crippen LogP contribution >= 0.6 is 23.4 Å². The molecule has 9 heteroatoms. The first-order valence-electron chi connectivity index (χ1n) is 9.58. The summed E-state index contributed by atoms with van der Waals surface area (Å²) < 4.78 is 5.79. The number of hydrogen-bond donors (Lipinski definition) is 4. The number of carbonyl (C=O) groups excluding carboxylic acids is 1. The Hall–Kier alpha value is -0.0900. The van der Waals surface area contributed by atoms with E-state index in [-0.39, 0.29) is 11.9 Å². The monoisotopic (exact) mass is 424 g/mol. The molecule has 2 aliphatic rings. The maximum Gasteiger partial charge on any atom is 0.237 e. The number of hydrogen-bond acceptors (Lipinski definition) is 7. The molecule has 0 saturated carbocycles. The fourth-order valence-electron chi connectivity index (χ4n) is 4.11. The summed E-state index contributed by atoms with van der Waals surface area (Å²) in [6.07, 6.45) is -0.0980. The van der Waals surface area contributed by atoms with E-state index in [9.17, 15) is 20.1 Å². The van der Waals surface area contributed by atoms with Crippen molar-refractivity contribution in [1.82, 2.24) is 10.2 Å². The molecular formula is C18H33ClN2O5S. The van der Waals surface area contributed by atoms with Crippen molar-refractivity contribution in [3.63, 3.8) is 0 Å². The van der Waals surface area contributed by atoms with Crippen LogP contribution in [0.4, 0.5) is 0 Å². The van der Waals surface area contributed by atoms with Crippen molar-refractivity contribution < 1.29 is 24.9 Å². The van der Waals surface area contributed by atoms with Gasteiger partial charge in [-0.2, -0.15) is 0 Å². The molecule has 2 fully saturated rings. The first-order valence-corrected chi connectivity index (χ1v) is 11.3. The predicted octanol–water partition coefficient (Wildman–Crippen LogP) is 0.390. The van der Waals surface area contributed by atoms with Gasteiger partial charge in [-0.3, -0.25) is 9.69 Å². The largest absolute Gasteiger partial charge is 0.388 e. The molecular weight excluding hydrogens is 392 g/mol. The molecule has 0 spiro atoms. The Kier molecular flexibility index (Phi) is 8.67. The molecule has 4 N–H and O–H groups in total. The first-order chi connectivity index (χ1) is 12.7. The van der Waals surface area contributed by atoms with Crippen molar-refractivity contribution in [2.75, 3.05) is 19.8 Å². The minimum atomic E-state index is -1.36. The Morgan fingerprint density at radius 3 is 2.56 bits per heavy atom. The summed E-state index contributed by atoms with van der Waals surface area (Å²) in [5.74, 6) is 0.350. The number of alkyl halides is 1. The zero-order valence-corrected chi connectivity index (χ0v) is 18.0. The number of amides is 1. The molecule has 0 aliphatic carbocycles. The van der Waals surface area contributed by atoms with Crippen LogP contribution in [0, 0.1) is 5.92 Å². The maximum atomic E-state index is 12.9. The lowest BCUT2D eigenvalue weighted by Gasteiger charge is -2.44. The molecule has 0 radical (unpaired) electrons. The fraction of sp³-hybridized carbons (Fsp3) is 0.944. The molecule has 27 heavy (non-hydrogen) atoms. The number of aliphatic hydroxyl groups is 3. The first kappa shape index (κ1) is 23.2. The molecule has 9 atom stereocenters. The average molecular weight is 425 g/mol. The number of carbonyl (C=O) groups is 1. The van der Waals surface area contributed by atoms with Crippen LogP contribution in [0.15, 0.2) is 0 Å². The molecule has 2 heterocycles. The Morgan fingerprint density at radius 2 is 2.00 bits per heavy atom. The van der Waals surface area contributed by atoms with Crippen LogP contribution in [0.5, 0.6) is 0 Å². The van der Waals surface area contributed by atoms with E-state index in [4.69, 9.17) is 16.3 Å². The molecule has 0 aromatic heterocycles. The molecule has 0 aromatic carbocycles. The Morgan fingerprint density at radius 1 is 1.33 bits per heavy atom. The van der Waals surface area contributed by atoms with Gasteiger partial charge in [0, 0.05) is 6.54 Å². The number of rotatable bonds is 7. The van der Waals surface area contributed by atoms with Gasteiger partial charge < -0.3 is 25.4 Å². The van der Waals surface area contributed by atoms with Gasteiger partial charge in [0.1, 0.15) is 29.9 Å². The molecule has 0 unspecified atom stereocenters. The van der Waals surface area contributed by atoms with Gasteiger partial charge in [0.15, 0.2) is 0 Å². The van der Waals surface area contributed by atoms with Crippen LogP contribution in [0.1, 0.15) is 33.1 Å². The maximum absolute atomic E-state index is 12.9. The third-order valence-electron chi connectivity index (χ3n) is 5.63. The summed E-state index contributed by atoms with van der Waals surface area (Å²) in [7, 11) is 1.94. The van der Waals surface area contributed by atoms with E-state index in [0.29, 0.717) is 5.92 Å². The predicted molar refractivity (Wildman–Crippen MR) is 107 cm³/mol. The highest BCUT2D eigenvalue weighted by molar-refractivity contribution is 7.99. The molecule has 0 aromatic rings. The molecule has 2 rings (SSSR count). The van der Waals surface area contributed by atoms with Gasteiger partial charge in [-0.05, 0) is 39.0 Å². The van der Waals surface area contributed by atoms with E-state index in [1.54, 1.807) is 13.2 Å². The Bertz CT molecular complexity index is 498. The number of halogens is 1. The van der Waals surface area contributed by atoms with E-state index in [1.807, 2.05) is 11.9 Å². The van der Waals surface area contributed by atoms with E-state index in [1.165, 1.54) is 11.8 Å². The van der Waals surface area contributed by atoms with Crippen molar-refractivity contribution >= 4 is 29.3 Å². The molecule has 158 valence electrons. The number of likely N-dealkylation sites (N-methyl/N-ethyl adjacent to an activating group) is 1. The summed E-state index contributed by atoms with van der Waals surface area (Å²) in [5, 5.41) is 33.0. The van der Waals surface area contributed by atoms with Gasteiger partial charge in [-0.15, -0.1) is 23.4 Å². The van der Waals surface area contributed by atoms with Gasteiger partial charge in [0.2, 0.25) is 5.91 Å². The van der Waals surface area contributed by atoms with Crippen LogP contribution in [0.3, 0.4) is 0 Å². The lowest BCUT2D eigenvalue weighted by Crippen LogP contribution is -2.65. The zero-order valence-electron chi connectivity index (χ0n) is 16.4. The van der Waals surface area contributed by atoms with Crippen LogP contribution in [-0.4, -0.2) is 93.3 Å². The summed E-state index contributed by atoms with van der Waals surface area (Å²) >= 11 is 7.55. The lowest BCUT2D eigenvalue weighted by molar-refractivity contribution is -0.205. The summed E-state index contributed by atoms with van der Waals surface area (Å²) in [4.78, 5) is 14.9. The topological polar surface area (TPSA) is 102 Å². The van der Waals surface area contributed by atoms with Crippen molar-refractivity contribution in [3.05, 3.63) is 0 Å². The summed E-state index contributed by atoms with van der Waals surface area (Å²) in [6.45, 7) is 4.74. The van der Waals surface area contributed by atoms with Gasteiger partial charge in [0.25, 0.3) is 0 Å². The molecule has 0 bridgehead atoms. The SMILES string of the molecule is CCC[C@@H]1C[C@@H](C(=O)N[C@@H]([C@@H]2O[C@H](SC)[C@H](O)[C@H](O)[C@@H]2O)[C@H](C)Cl)N(C)C1. The second kappa shape index (κ2) is 10.1. The van der Waals surface area contributed by atoms with Gasteiger partial charge in [-0.1, -0.05) is 13.3 Å². The highest BCUT2D eigenvalue weighted by atomic mass is 35.5. The van der Waals surface area contributed by atoms with E-state index in [2.05, 4.69) is 12.2 Å². The third kappa shape index (κ3) is 5.29. The van der Waals surface area contributed by atoms with Gasteiger partial charge >= 0.3 is 0 Å². The zero-order chi connectivity index (χ0) is 20.3. The molecule has 1 amide bonds. The number of thioether (sulfide) groups is 1. The third-order valence-corrected chi connectivity index (χ3v) is 6.76.